The van der Waals surface area contributed by atoms with Crippen molar-refractivity contribution in [2.24, 2.45) is 7.05 Å². The number of nitrogens with zero attached hydrogens (tertiary/aromatic N) is 3. The normalized spacial score (nSPS) is 8.50. The Bertz CT molecular complexity index is 218. The second-order valence-electron chi connectivity index (χ2n) is 1.34. The third kappa shape index (κ3) is 0.562. The molecule has 0 atom stereocenters. The molecule has 0 bridgehead atoms. The lowest BCUT2D eigenvalue weighted by atomic mass is 10.5. The standard InChI is InChI=1S/C5H3N3/c1-8-4-7-3-5(8)2-6/h1H3. The minimum Gasteiger partial charge on any atom is -0.316 e. The molecular weight excluding hydrogens is 102 g/mol. The topological polar surface area (TPSA) is 41.6 Å². The quantitative estimate of drug-likeness (QED) is 0.462. The fourth-order valence-corrected chi connectivity index (χ4v) is 0.378. The van der Waals surface area contributed by atoms with Gasteiger partial charge in [-0.25, -0.2) is 4.98 Å². The van der Waals surface area contributed by atoms with Gasteiger partial charge in [-0.2, -0.15) is 5.26 Å². The summed E-state index contributed by atoms with van der Waals surface area (Å²) in [6, 6.07) is 1.89. The van der Waals surface area contributed by atoms with Crippen molar-refractivity contribution in [3.8, 4) is 6.07 Å². The Balaban J connectivity index is 3.15. The van der Waals surface area contributed by atoms with Crippen molar-refractivity contribution < 1.29 is 0 Å². The molecule has 0 unspecified atom stereocenters. The number of rotatable bonds is 0. The van der Waals surface area contributed by atoms with Gasteiger partial charge in [0.05, 0.1) is 0 Å². The molecule has 0 saturated heterocycles. The van der Waals surface area contributed by atoms with Crippen molar-refractivity contribution in [2.75, 3.05) is 0 Å². The summed E-state index contributed by atoms with van der Waals surface area (Å²) in [7, 11) is 1.70. The third-order valence-electron chi connectivity index (χ3n) is 0.803. The highest BCUT2D eigenvalue weighted by Gasteiger charge is 1.92. The maximum atomic E-state index is 8.25. The Morgan fingerprint density at radius 1 is 1.88 bits per heavy atom. The first-order chi connectivity index (χ1) is 3.84. The average molecular weight is 105 g/mol. The second kappa shape index (κ2) is 1.66. The predicted molar refractivity (Wildman–Crippen MR) is 25.6 cm³/mol. The van der Waals surface area contributed by atoms with E-state index in [1.54, 1.807) is 7.05 Å². The molecule has 38 valence electrons. The number of nitriles is 1. The van der Waals surface area contributed by atoms with Crippen LogP contribution in [0.2, 0.25) is 0 Å². The van der Waals surface area contributed by atoms with Crippen LogP contribution in [0.5, 0.6) is 0 Å². The smallest absolute Gasteiger partial charge is 0.177 e. The molecule has 8 heavy (non-hydrogen) atoms. The Morgan fingerprint density at radius 3 is 2.88 bits per heavy atom. The van der Waals surface area contributed by atoms with E-state index in [1.165, 1.54) is 4.57 Å². The van der Waals surface area contributed by atoms with Gasteiger partial charge in [0, 0.05) is 7.05 Å². The van der Waals surface area contributed by atoms with E-state index in [0.29, 0.717) is 5.69 Å². The van der Waals surface area contributed by atoms with Gasteiger partial charge in [-0.15, -0.1) is 0 Å². The van der Waals surface area contributed by atoms with Crippen LogP contribution in [-0.4, -0.2) is 9.55 Å². The van der Waals surface area contributed by atoms with Gasteiger partial charge in [-0.3, -0.25) is 0 Å². The van der Waals surface area contributed by atoms with E-state index < -0.39 is 0 Å². The first-order valence-electron chi connectivity index (χ1n) is 2.07. The van der Waals surface area contributed by atoms with Gasteiger partial charge in [0.15, 0.2) is 6.33 Å². The summed E-state index contributed by atoms with van der Waals surface area (Å²) in [4.78, 5) is 3.48. The highest BCUT2D eigenvalue weighted by Crippen LogP contribution is 1.88. The van der Waals surface area contributed by atoms with Crippen molar-refractivity contribution in [3.05, 3.63) is 18.2 Å². The molecule has 0 aliphatic heterocycles. The molecule has 1 rings (SSSR count). The first-order valence-corrected chi connectivity index (χ1v) is 2.07. The van der Waals surface area contributed by atoms with Crippen molar-refractivity contribution in [2.45, 2.75) is 0 Å². The van der Waals surface area contributed by atoms with E-state index in [-0.39, 0.29) is 0 Å². The SMILES string of the molecule is Cn1[c]n[c]c1C#N. The van der Waals surface area contributed by atoms with Gasteiger partial charge < -0.3 is 4.57 Å². The lowest BCUT2D eigenvalue weighted by Crippen LogP contribution is -1.87. The Hall–Kier alpha value is -1.30. The lowest BCUT2D eigenvalue weighted by molar-refractivity contribution is 0.886. The summed E-state index contributed by atoms with van der Waals surface area (Å²) in [5, 5.41) is 8.25. The van der Waals surface area contributed by atoms with E-state index >= 15 is 0 Å². The largest absolute Gasteiger partial charge is 0.316 e. The lowest BCUT2D eigenvalue weighted by Gasteiger charge is -1.83. The minimum absolute atomic E-state index is 0.407. The zero-order valence-corrected chi connectivity index (χ0v) is 4.34. The molecule has 0 N–H and O–H groups in total. The number of hydrogen-bond acceptors (Lipinski definition) is 2. The van der Waals surface area contributed by atoms with Crippen LogP contribution in [0.15, 0.2) is 0 Å². The van der Waals surface area contributed by atoms with Crippen LogP contribution >= 0.6 is 0 Å². The molecule has 0 aliphatic rings. The van der Waals surface area contributed by atoms with E-state index in [9.17, 15) is 0 Å². The number of hydrogen-bond donors (Lipinski definition) is 0. The molecule has 3 nitrogen and oxygen atoms in total. The van der Waals surface area contributed by atoms with Gasteiger partial charge >= 0.3 is 0 Å². The van der Waals surface area contributed by atoms with Crippen molar-refractivity contribution in [1.82, 2.24) is 9.55 Å². The highest BCUT2D eigenvalue weighted by molar-refractivity contribution is 5.14. The predicted octanol–water partition coefficient (Wildman–Crippen LogP) is -0.108. The van der Waals surface area contributed by atoms with Crippen LogP contribution < -0.4 is 0 Å². The molecular formula is C5H3N3. The average Bonchev–Trinajstić information content (AvgIpc) is 2.14. The first kappa shape index (κ1) is 4.85. The summed E-state index contributed by atoms with van der Waals surface area (Å²) >= 11 is 0. The molecule has 0 aliphatic carbocycles. The molecule has 1 heterocycles. The number of aromatic nitrogens is 2. The molecule has 0 amide bonds. The summed E-state index contributed by atoms with van der Waals surface area (Å²) in [5.41, 5.74) is 0.407. The Labute approximate surface area is 47.2 Å². The zero-order chi connectivity index (χ0) is 5.98. The van der Waals surface area contributed by atoms with Gasteiger partial charge in [0.1, 0.15) is 18.0 Å². The third-order valence-corrected chi connectivity index (χ3v) is 0.803. The van der Waals surface area contributed by atoms with Crippen LogP contribution in [-0.2, 0) is 7.05 Å². The van der Waals surface area contributed by atoms with Crippen LogP contribution in [0.3, 0.4) is 0 Å². The summed E-state index contributed by atoms with van der Waals surface area (Å²) in [5.74, 6) is 0. The van der Waals surface area contributed by atoms with Gasteiger partial charge in [0.25, 0.3) is 0 Å². The van der Waals surface area contributed by atoms with Crippen LogP contribution in [0.4, 0.5) is 0 Å². The molecule has 1 aromatic heterocycles. The Morgan fingerprint density at radius 2 is 2.62 bits per heavy atom. The van der Waals surface area contributed by atoms with E-state index in [1.807, 2.05) is 6.07 Å². The molecule has 1 aromatic rings. The maximum absolute atomic E-state index is 8.25. The van der Waals surface area contributed by atoms with E-state index in [4.69, 9.17) is 5.26 Å². The summed E-state index contributed by atoms with van der Waals surface area (Å²) in [6.45, 7) is 0. The molecule has 0 aromatic carbocycles. The number of aryl methyl sites for hydroxylation is 1. The Kier molecular flexibility index (Phi) is 1.01. The fourth-order valence-electron chi connectivity index (χ4n) is 0.378. The maximum Gasteiger partial charge on any atom is 0.177 e. The molecule has 0 saturated carbocycles. The van der Waals surface area contributed by atoms with Crippen LogP contribution in [0.1, 0.15) is 5.69 Å². The van der Waals surface area contributed by atoms with Crippen molar-refractivity contribution in [1.29, 1.82) is 5.26 Å². The van der Waals surface area contributed by atoms with Gasteiger partial charge in [-0.05, 0) is 0 Å². The fraction of sp³-hybridized carbons (Fsp3) is 0.200. The van der Waals surface area contributed by atoms with Crippen LogP contribution in [0, 0.1) is 23.9 Å². The van der Waals surface area contributed by atoms with Crippen molar-refractivity contribution >= 4 is 0 Å². The number of imidazole rings is 1. The summed E-state index contributed by atoms with van der Waals surface area (Å²) in [6.07, 6.45) is 4.96. The van der Waals surface area contributed by atoms with Crippen LogP contribution in [0.25, 0.3) is 0 Å². The van der Waals surface area contributed by atoms with Gasteiger partial charge in [0.2, 0.25) is 0 Å². The highest BCUT2D eigenvalue weighted by atomic mass is 15.0. The monoisotopic (exact) mass is 105 g/mol. The second-order valence-corrected chi connectivity index (χ2v) is 1.34. The molecule has 0 fully saturated rings. The minimum atomic E-state index is 0.407. The molecule has 3 heteroatoms. The van der Waals surface area contributed by atoms with Gasteiger partial charge in [-0.1, -0.05) is 0 Å². The molecule has 2 radical (unpaired) electrons. The van der Waals surface area contributed by atoms with Crippen molar-refractivity contribution in [3.63, 3.8) is 0 Å². The molecule has 0 spiro atoms. The van der Waals surface area contributed by atoms with E-state index in [0.717, 1.165) is 0 Å². The van der Waals surface area contributed by atoms with E-state index in [2.05, 4.69) is 17.5 Å². The zero-order valence-electron chi connectivity index (χ0n) is 4.34. The summed E-state index contributed by atoms with van der Waals surface area (Å²) < 4.78 is 1.49.